The Morgan fingerprint density at radius 3 is 2.58 bits per heavy atom. The second-order valence-electron chi connectivity index (χ2n) is 7.39. The topological polar surface area (TPSA) is 75.4 Å². The first-order chi connectivity index (χ1) is 11.1. The van der Waals surface area contributed by atoms with Crippen molar-refractivity contribution in [2.45, 2.75) is 52.2 Å². The summed E-state index contributed by atoms with van der Waals surface area (Å²) in [6, 6.07) is -0.893. The highest BCUT2D eigenvalue weighted by molar-refractivity contribution is 5.71. The molecule has 7 heteroatoms. The van der Waals surface area contributed by atoms with E-state index in [0.717, 1.165) is 0 Å². The summed E-state index contributed by atoms with van der Waals surface area (Å²) in [6.07, 6.45) is 2.49. The van der Waals surface area contributed by atoms with Gasteiger partial charge in [0.15, 0.2) is 0 Å². The Bertz CT molecular complexity index is 662. The number of nitrogens with zero attached hydrogens (tertiary/aromatic N) is 3. The molecule has 1 fully saturated rings. The molecule has 2 heterocycles. The number of halogens is 1. The van der Waals surface area contributed by atoms with Gasteiger partial charge in [0.1, 0.15) is 17.4 Å². The zero-order valence-corrected chi connectivity index (χ0v) is 14.8. The fraction of sp³-hybridized carbons (Fsp3) is 0.706. The lowest BCUT2D eigenvalue weighted by Crippen LogP contribution is -2.57. The van der Waals surface area contributed by atoms with Crippen molar-refractivity contribution in [2.75, 3.05) is 19.6 Å². The Morgan fingerprint density at radius 2 is 2.08 bits per heavy atom. The summed E-state index contributed by atoms with van der Waals surface area (Å²) >= 11 is 0. The third-order valence-electron chi connectivity index (χ3n) is 4.25. The number of alkyl halides is 1. The van der Waals surface area contributed by atoms with Gasteiger partial charge in [-0.1, -0.05) is 13.8 Å². The maximum Gasteiger partial charge on any atom is 0.326 e. The van der Waals surface area contributed by atoms with Crippen molar-refractivity contribution in [3.05, 3.63) is 27.9 Å². The largest absolute Gasteiger partial charge is 0.480 e. The van der Waals surface area contributed by atoms with Gasteiger partial charge in [0.25, 0.3) is 5.56 Å². The molecule has 0 amide bonds. The average Bonchev–Trinajstić information content (AvgIpc) is 2.43. The number of hydrogen-bond acceptors (Lipinski definition) is 4. The molecular formula is C17H26FN3O3. The van der Waals surface area contributed by atoms with Crippen LogP contribution in [0, 0.1) is 12.8 Å². The molecule has 6 nitrogen and oxygen atoms in total. The number of carboxylic acid groups (broad SMARTS) is 1. The fourth-order valence-corrected chi connectivity index (χ4v) is 3.15. The lowest BCUT2D eigenvalue weighted by Gasteiger charge is -2.42. The summed E-state index contributed by atoms with van der Waals surface area (Å²) in [6.45, 7) is 8.47. The molecule has 0 radical (unpaired) electrons. The van der Waals surface area contributed by atoms with Gasteiger partial charge in [-0.05, 0) is 26.2 Å². The molecule has 1 aliphatic rings. The molecule has 2 rings (SSSR count). The van der Waals surface area contributed by atoms with Gasteiger partial charge in [0.05, 0.1) is 5.69 Å². The first-order valence-electron chi connectivity index (χ1n) is 8.32. The van der Waals surface area contributed by atoms with Crippen LogP contribution in [-0.2, 0) is 11.2 Å². The number of aromatic nitrogens is 2. The minimum atomic E-state index is -1.12. The highest BCUT2D eigenvalue weighted by atomic mass is 19.1. The second kappa shape index (κ2) is 7.01. The van der Waals surface area contributed by atoms with Gasteiger partial charge in [0.2, 0.25) is 0 Å². The summed E-state index contributed by atoms with van der Waals surface area (Å²) in [7, 11) is 0. The molecular weight excluding hydrogens is 313 g/mol. The highest BCUT2D eigenvalue weighted by Gasteiger charge is 2.38. The van der Waals surface area contributed by atoms with E-state index < -0.39 is 17.7 Å². The molecule has 0 spiro atoms. The minimum absolute atomic E-state index is 0.151. The maximum atomic E-state index is 13.5. The monoisotopic (exact) mass is 339 g/mol. The third kappa shape index (κ3) is 4.41. The van der Waals surface area contributed by atoms with Gasteiger partial charge >= 0.3 is 5.97 Å². The van der Waals surface area contributed by atoms with Crippen molar-refractivity contribution in [1.29, 1.82) is 0 Å². The fourth-order valence-electron chi connectivity index (χ4n) is 3.15. The summed E-state index contributed by atoms with van der Waals surface area (Å²) in [5, 5.41) is 9.47. The third-order valence-corrected chi connectivity index (χ3v) is 4.25. The van der Waals surface area contributed by atoms with Gasteiger partial charge < -0.3 is 5.11 Å². The highest BCUT2D eigenvalue weighted by Crippen LogP contribution is 2.24. The lowest BCUT2D eigenvalue weighted by molar-refractivity contribution is -0.141. The number of rotatable bonds is 7. The number of carboxylic acids is 1. The lowest BCUT2D eigenvalue weighted by atomic mass is 9.99. The van der Waals surface area contributed by atoms with Crippen LogP contribution in [0.4, 0.5) is 4.39 Å². The molecule has 0 saturated carbocycles. The van der Waals surface area contributed by atoms with Crippen LogP contribution in [-0.4, -0.2) is 50.8 Å². The Morgan fingerprint density at radius 1 is 1.46 bits per heavy atom. The summed E-state index contributed by atoms with van der Waals surface area (Å²) < 4.78 is 14.8. The second-order valence-corrected chi connectivity index (χ2v) is 7.39. The van der Waals surface area contributed by atoms with Gasteiger partial charge in [0, 0.05) is 32.3 Å². The molecule has 1 aromatic rings. The number of aryl methyl sites for hydroxylation is 1. The molecule has 1 saturated heterocycles. The first kappa shape index (κ1) is 18.6. The predicted octanol–water partition coefficient (Wildman–Crippen LogP) is 1.81. The first-order valence-corrected chi connectivity index (χ1v) is 8.32. The molecule has 1 aliphatic heterocycles. The van der Waals surface area contributed by atoms with Crippen LogP contribution in [0.2, 0.25) is 0 Å². The smallest absolute Gasteiger partial charge is 0.326 e. The van der Waals surface area contributed by atoms with E-state index >= 15 is 0 Å². The number of aliphatic carboxylic acids is 1. The van der Waals surface area contributed by atoms with E-state index in [2.05, 4.69) is 4.98 Å². The van der Waals surface area contributed by atoms with E-state index in [1.807, 2.05) is 18.7 Å². The van der Waals surface area contributed by atoms with E-state index in [-0.39, 0.29) is 11.5 Å². The van der Waals surface area contributed by atoms with E-state index in [9.17, 15) is 19.1 Å². The van der Waals surface area contributed by atoms with Crippen molar-refractivity contribution >= 4 is 5.97 Å². The van der Waals surface area contributed by atoms with Crippen molar-refractivity contribution in [2.24, 2.45) is 5.92 Å². The van der Waals surface area contributed by atoms with Crippen molar-refractivity contribution < 1.29 is 14.3 Å². The van der Waals surface area contributed by atoms with Crippen LogP contribution in [0.15, 0.2) is 11.0 Å². The maximum absolute atomic E-state index is 13.5. The molecule has 1 unspecified atom stereocenters. The molecule has 1 N–H and O–H groups in total. The number of carbonyl (C=O) groups is 1. The van der Waals surface area contributed by atoms with Gasteiger partial charge in [-0.25, -0.2) is 9.18 Å². The van der Waals surface area contributed by atoms with Crippen molar-refractivity contribution in [3.8, 4) is 0 Å². The van der Waals surface area contributed by atoms with Gasteiger partial charge in [-0.15, -0.1) is 0 Å². The molecule has 0 aromatic carbocycles. The minimum Gasteiger partial charge on any atom is -0.480 e. The van der Waals surface area contributed by atoms with E-state index in [1.165, 1.54) is 4.57 Å². The molecule has 1 aromatic heterocycles. The summed E-state index contributed by atoms with van der Waals surface area (Å²) in [4.78, 5) is 30.1. The quantitative estimate of drug-likeness (QED) is 0.820. The SMILES string of the molecule is Cc1nc(CCN2CC(C)(F)C2)cn(C(CC(C)C)C(=O)O)c1=O. The van der Waals surface area contributed by atoms with Crippen LogP contribution in [0.1, 0.15) is 44.6 Å². The van der Waals surface area contributed by atoms with Crippen LogP contribution in [0.5, 0.6) is 0 Å². The number of likely N-dealkylation sites (tertiary alicyclic amines) is 1. The molecule has 24 heavy (non-hydrogen) atoms. The van der Waals surface area contributed by atoms with E-state index in [1.54, 1.807) is 20.0 Å². The van der Waals surface area contributed by atoms with Crippen LogP contribution in [0.3, 0.4) is 0 Å². The molecule has 0 aliphatic carbocycles. The van der Waals surface area contributed by atoms with E-state index in [0.29, 0.717) is 43.9 Å². The zero-order chi connectivity index (χ0) is 18.1. The van der Waals surface area contributed by atoms with Gasteiger partial charge in [-0.3, -0.25) is 19.2 Å². The molecule has 1 atom stereocenters. The Balaban J connectivity index is 2.18. The van der Waals surface area contributed by atoms with Crippen LogP contribution >= 0.6 is 0 Å². The van der Waals surface area contributed by atoms with E-state index in [4.69, 9.17) is 0 Å². The predicted molar refractivity (Wildman–Crippen MR) is 89.0 cm³/mol. The summed E-state index contributed by atoms with van der Waals surface area (Å²) in [5.74, 6) is -0.864. The Labute approximate surface area is 141 Å². The molecule has 0 bridgehead atoms. The van der Waals surface area contributed by atoms with Crippen LogP contribution < -0.4 is 5.56 Å². The Hall–Kier alpha value is -1.76. The molecule has 134 valence electrons. The number of hydrogen-bond donors (Lipinski definition) is 1. The average molecular weight is 339 g/mol. The summed E-state index contributed by atoms with van der Waals surface area (Å²) in [5.41, 5.74) is -0.531. The van der Waals surface area contributed by atoms with Crippen molar-refractivity contribution in [3.63, 3.8) is 0 Å². The Kier molecular flexibility index (Phi) is 5.42. The standard InChI is InChI=1S/C17H26FN3O3/c1-11(2)7-14(16(23)24)21-8-13(19-12(3)15(21)22)5-6-20-9-17(4,18)10-20/h8,11,14H,5-7,9-10H2,1-4H3,(H,23,24). The van der Waals surface area contributed by atoms with Gasteiger partial charge in [-0.2, -0.15) is 0 Å². The van der Waals surface area contributed by atoms with Crippen molar-refractivity contribution in [1.82, 2.24) is 14.5 Å². The zero-order valence-electron chi connectivity index (χ0n) is 14.8. The normalized spacial score (nSPS) is 18.4. The van der Waals surface area contributed by atoms with Crippen LogP contribution in [0.25, 0.3) is 0 Å².